The van der Waals surface area contributed by atoms with Crippen LogP contribution in [0.15, 0.2) is 22.8 Å². The Morgan fingerprint density at radius 3 is 2.89 bits per heavy atom. The number of hydrogen-bond acceptors (Lipinski definition) is 3. The first kappa shape index (κ1) is 13.5. The number of urea groups is 1. The van der Waals surface area contributed by atoms with Crippen LogP contribution in [0.5, 0.6) is 0 Å². The highest BCUT2D eigenvalue weighted by molar-refractivity contribution is 5.76. The van der Waals surface area contributed by atoms with Crippen molar-refractivity contribution in [3.05, 3.63) is 24.2 Å². The summed E-state index contributed by atoms with van der Waals surface area (Å²) in [5, 5.41) is 11.5. The van der Waals surface area contributed by atoms with Gasteiger partial charge in [0.25, 0.3) is 0 Å². The molecule has 0 saturated carbocycles. The Morgan fingerprint density at radius 2 is 2.32 bits per heavy atom. The third-order valence-corrected chi connectivity index (χ3v) is 3.17. The number of amides is 2. The van der Waals surface area contributed by atoms with Gasteiger partial charge in [-0.25, -0.2) is 4.79 Å². The molecule has 1 atom stereocenters. The van der Waals surface area contributed by atoms with Crippen LogP contribution >= 0.6 is 0 Å². The SMILES string of the molecule is CC(Cc1ccco1)NC(=O)N1CC(CC(=O)O)C1. The van der Waals surface area contributed by atoms with Crippen molar-refractivity contribution in [2.75, 3.05) is 13.1 Å². The molecule has 6 heteroatoms. The van der Waals surface area contributed by atoms with E-state index in [9.17, 15) is 9.59 Å². The van der Waals surface area contributed by atoms with Crippen molar-refractivity contribution in [1.82, 2.24) is 10.2 Å². The number of likely N-dealkylation sites (tertiary alicyclic amines) is 1. The van der Waals surface area contributed by atoms with E-state index in [0.29, 0.717) is 19.5 Å². The Bertz CT molecular complexity index is 438. The molecule has 1 aromatic rings. The van der Waals surface area contributed by atoms with Crippen LogP contribution in [-0.4, -0.2) is 41.1 Å². The van der Waals surface area contributed by atoms with Gasteiger partial charge in [-0.05, 0) is 19.1 Å². The van der Waals surface area contributed by atoms with Crippen molar-refractivity contribution in [2.24, 2.45) is 5.92 Å². The molecule has 19 heavy (non-hydrogen) atoms. The number of furan rings is 1. The summed E-state index contributed by atoms with van der Waals surface area (Å²) in [6, 6.07) is 3.53. The van der Waals surface area contributed by atoms with Crippen molar-refractivity contribution < 1.29 is 19.1 Å². The van der Waals surface area contributed by atoms with E-state index < -0.39 is 5.97 Å². The molecule has 1 unspecified atom stereocenters. The minimum absolute atomic E-state index is 0.0165. The fourth-order valence-corrected chi connectivity index (χ4v) is 2.20. The molecule has 0 bridgehead atoms. The Morgan fingerprint density at radius 1 is 1.58 bits per heavy atom. The average molecular weight is 266 g/mol. The minimum Gasteiger partial charge on any atom is -0.481 e. The molecule has 0 radical (unpaired) electrons. The number of aliphatic carboxylic acids is 1. The van der Waals surface area contributed by atoms with Crippen LogP contribution in [0.4, 0.5) is 4.79 Å². The summed E-state index contributed by atoms with van der Waals surface area (Å²) in [7, 11) is 0. The fourth-order valence-electron chi connectivity index (χ4n) is 2.20. The zero-order valence-electron chi connectivity index (χ0n) is 10.8. The lowest BCUT2D eigenvalue weighted by molar-refractivity contribution is -0.139. The van der Waals surface area contributed by atoms with Gasteiger partial charge in [-0.3, -0.25) is 4.79 Å². The molecule has 1 saturated heterocycles. The molecular weight excluding hydrogens is 248 g/mol. The van der Waals surface area contributed by atoms with Gasteiger partial charge in [0.05, 0.1) is 12.7 Å². The van der Waals surface area contributed by atoms with Crippen molar-refractivity contribution in [1.29, 1.82) is 0 Å². The number of carboxylic acid groups (broad SMARTS) is 1. The van der Waals surface area contributed by atoms with Crippen LogP contribution in [0, 0.1) is 5.92 Å². The van der Waals surface area contributed by atoms with Crippen LogP contribution in [0.2, 0.25) is 0 Å². The molecule has 0 aromatic carbocycles. The minimum atomic E-state index is -0.809. The van der Waals surface area contributed by atoms with Crippen LogP contribution in [0.3, 0.4) is 0 Å². The second kappa shape index (κ2) is 5.77. The van der Waals surface area contributed by atoms with Gasteiger partial charge in [-0.15, -0.1) is 0 Å². The number of nitrogens with one attached hydrogen (secondary N) is 1. The molecule has 1 aliphatic heterocycles. The zero-order chi connectivity index (χ0) is 13.8. The van der Waals surface area contributed by atoms with Crippen molar-refractivity contribution in [2.45, 2.75) is 25.8 Å². The van der Waals surface area contributed by atoms with Gasteiger partial charge in [-0.1, -0.05) is 0 Å². The summed E-state index contributed by atoms with van der Waals surface area (Å²) in [5.74, 6) is 0.111. The number of carbonyl (C=O) groups excluding carboxylic acids is 1. The van der Waals surface area contributed by atoms with Gasteiger partial charge in [0, 0.05) is 31.5 Å². The van der Waals surface area contributed by atoms with E-state index in [-0.39, 0.29) is 24.4 Å². The third kappa shape index (κ3) is 3.74. The van der Waals surface area contributed by atoms with E-state index >= 15 is 0 Å². The highest BCUT2D eigenvalue weighted by Crippen LogP contribution is 2.19. The molecule has 0 aliphatic carbocycles. The predicted molar refractivity (Wildman–Crippen MR) is 67.7 cm³/mol. The number of carboxylic acids is 1. The third-order valence-electron chi connectivity index (χ3n) is 3.17. The predicted octanol–water partition coefficient (Wildman–Crippen LogP) is 1.33. The number of rotatable bonds is 5. The molecule has 1 fully saturated rings. The van der Waals surface area contributed by atoms with E-state index in [1.807, 2.05) is 19.1 Å². The van der Waals surface area contributed by atoms with E-state index in [4.69, 9.17) is 9.52 Å². The monoisotopic (exact) mass is 266 g/mol. The summed E-state index contributed by atoms with van der Waals surface area (Å²) in [6.45, 7) is 2.95. The number of carbonyl (C=O) groups is 2. The van der Waals surface area contributed by atoms with E-state index in [1.54, 1.807) is 11.2 Å². The van der Waals surface area contributed by atoms with Gasteiger partial charge in [0.1, 0.15) is 5.76 Å². The first-order valence-corrected chi connectivity index (χ1v) is 6.34. The summed E-state index contributed by atoms with van der Waals surface area (Å²) >= 11 is 0. The maximum atomic E-state index is 11.8. The maximum Gasteiger partial charge on any atom is 0.317 e. The maximum absolute atomic E-state index is 11.8. The Kier molecular flexibility index (Phi) is 4.09. The van der Waals surface area contributed by atoms with Gasteiger partial charge < -0.3 is 19.7 Å². The lowest BCUT2D eigenvalue weighted by atomic mass is 9.97. The molecule has 2 N–H and O–H groups in total. The van der Waals surface area contributed by atoms with Gasteiger partial charge >= 0.3 is 12.0 Å². The van der Waals surface area contributed by atoms with Gasteiger partial charge in [0.15, 0.2) is 0 Å². The Labute approximate surface area is 111 Å². The molecule has 1 aromatic heterocycles. The first-order chi connectivity index (χ1) is 9.04. The second-order valence-electron chi connectivity index (χ2n) is 5.00. The molecule has 1 aliphatic rings. The van der Waals surface area contributed by atoms with E-state index in [2.05, 4.69) is 5.32 Å². The molecule has 104 valence electrons. The number of hydrogen-bond donors (Lipinski definition) is 2. The Hall–Kier alpha value is -1.98. The van der Waals surface area contributed by atoms with Crippen molar-refractivity contribution in [3.63, 3.8) is 0 Å². The molecule has 2 heterocycles. The normalized spacial score (nSPS) is 16.8. The van der Waals surface area contributed by atoms with E-state index in [0.717, 1.165) is 5.76 Å². The summed E-state index contributed by atoms with van der Waals surface area (Å²) in [5.41, 5.74) is 0. The topological polar surface area (TPSA) is 82.8 Å². The van der Waals surface area contributed by atoms with Gasteiger partial charge in [0.2, 0.25) is 0 Å². The lowest BCUT2D eigenvalue weighted by Crippen LogP contribution is -2.55. The standard InChI is InChI=1S/C13H18N2O4/c1-9(5-11-3-2-4-19-11)14-13(18)15-7-10(8-15)6-12(16)17/h2-4,9-10H,5-8H2,1H3,(H,14,18)(H,16,17). The molecular formula is C13H18N2O4. The van der Waals surface area contributed by atoms with E-state index in [1.165, 1.54) is 0 Å². The van der Waals surface area contributed by atoms with Crippen molar-refractivity contribution >= 4 is 12.0 Å². The quantitative estimate of drug-likeness (QED) is 0.842. The number of nitrogens with zero attached hydrogens (tertiary/aromatic N) is 1. The largest absolute Gasteiger partial charge is 0.481 e. The first-order valence-electron chi connectivity index (χ1n) is 6.34. The highest BCUT2D eigenvalue weighted by Gasteiger charge is 2.32. The molecule has 0 spiro atoms. The van der Waals surface area contributed by atoms with Crippen LogP contribution in [-0.2, 0) is 11.2 Å². The summed E-state index contributed by atoms with van der Waals surface area (Å²) < 4.78 is 5.22. The van der Waals surface area contributed by atoms with Gasteiger partial charge in [-0.2, -0.15) is 0 Å². The van der Waals surface area contributed by atoms with Crippen LogP contribution in [0.1, 0.15) is 19.1 Å². The molecule has 2 amide bonds. The van der Waals surface area contributed by atoms with Crippen LogP contribution < -0.4 is 5.32 Å². The smallest absolute Gasteiger partial charge is 0.317 e. The molecule has 2 rings (SSSR count). The second-order valence-corrected chi connectivity index (χ2v) is 5.00. The molecule has 6 nitrogen and oxygen atoms in total. The summed E-state index contributed by atoms with van der Waals surface area (Å²) in [6.07, 6.45) is 2.38. The zero-order valence-corrected chi connectivity index (χ0v) is 10.8. The average Bonchev–Trinajstić information content (AvgIpc) is 2.74. The lowest BCUT2D eigenvalue weighted by Gasteiger charge is -2.39. The highest BCUT2D eigenvalue weighted by atomic mass is 16.4. The summed E-state index contributed by atoms with van der Waals surface area (Å²) in [4.78, 5) is 24.0. The van der Waals surface area contributed by atoms with Crippen molar-refractivity contribution in [3.8, 4) is 0 Å². The Balaban J connectivity index is 1.69. The fraction of sp³-hybridized carbons (Fsp3) is 0.538. The van der Waals surface area contributed by atoms with Crippen LogP contribution in [0.25, 0.3) is 0 Å².